The van der Waals surface area contributed by atoms with E-state index < -0.39 is 0 Å². The first-order valence-corrected chi connectivity index (χ1v) is 10.3. The fraction of sp³-hybridized carbons (Fsp3) is 0.393. The number of aryl methyl sites for hydroxylation is 2. The molecule has 0 heterocycles. The van der Waals surface area contributed by atoms with E-state index in [0.29, 0.717) is 0 Å². The molecule has 0 aliphatic heterocycles. The molecule has 0 atom stereocenters. The Morgan fingerprint density at radius 1 is 0.806 bits per heavy atom. The van der Waals surface area contributed by atoms with Crippen molar-refractivity contribution in [2.75, 3.05) is 0 Å². The Hall–Kier alpha value is -0.747. The van der Waals surface area contributed by atoms with Gasteiger partial charge >= 0.3 is 26.2 Å². The van der Waals surface area contributed by atoms with Crippen LogP contribution in [-0.4, -0.2) is 0 Å². The topological polar surface area (TPSA) is 0 Å². The molecule has 0 bridgehead atoms. The third kappa shape index (κ3) is 7.38. The molecule has 0 amide bonds. The van der Waals surface area contributed by atoms with Crippen molar-refractivity contribution in [1.29, 1.82) is 0 Å². The smallest absolute Gasteiger partial charge is 1.00 e. The predicted molar refractivity (Wildman–Crippen MR) is 122 cm³/mol. The van der Waals surface area contributed by atoms with Gasteiger partial charge in [0.25, 0.3) is 0 Å². The van der Waals surface area contributed by atoms with Crippen LogP contribution in [0.15, 0.2) is 48.5 Å². The SMILES string of the molecule is CC(C)(C)c1[c-]c2c(cc1)-c1ccc(C(C)(C)C)cc1C2.Cc1c[cH-]c(C)c1.[Cl-].[Cl-].[Zr+4]. The molecule has 1 aliphatic carbocycles. The van der Waals surface area contributed by atoms with Crippen LogP contribution in [0.1, 0.15) is 74.9 Å². The van der Waals surface area contributed by atoms with E-state index in [4.69, 9.17) is 0 Å². The third-order valence-electron chi connectivity index (χ3n) is 5.53. The predicted octanol–water partition coefficient (Wildman–Crippen LogP) is 1.68. The van der Waals surface area contributed by atoms with Gasteiger partial charge in [-0.15, -0.1) is 11.1 Å². The van der Waals surface area contributed by atoms with Gasteiger partial charge in [0.2, 0.25) is 0 Å². The van der Waals surface area contributed by atoms with Gasteiger partial charge in [-0.3, -0.25) is 0 Å². The summed E-state index contributed by atoms with van der Waals surface area (Å²) in [6.07, 6.45) is 1.03. The van der Waals surface area contributed by atoms with Gasteiger partial charge in [0.05, 0.1) is 0 Å². The van der Waals surface area contributed by atoms with E-state index in [1.165, 1.54) is 44.5 Å². The van der Waals surface area contributed by atoms with E-state index in [1.54, 1.807) is 0 Å². The standard InChI is InChI=1S/C21H25.C7H9.2ClH.Zr/c1-20(2,3)16-7-9-18-14(12-16)11-15-13-17(21(4,5)6)8-10-19(15)18;1-6-3-4-7(2)5-6;;;/h7-10,12H,11H2,1-6H3;3-5H,1-2H3;2*1H;/q2*-1;;;+4/p-2. The number of hydrogen-bond donors (Lipinski definition) is 0. The summed E-state index contributed by atoms with van der Waals surface area (Å²) in [7, 11) is 0. The van der Waals surface area contributed by atoms with Crippen molar-refractivity contribution in [1.82, 2.24) is 0 Å². The molecule has 0 fully saturated rings. The maximum Gasteiger partial charge on any atom is 4.00 e. The maximum atomic E-state index is 3.67. The molecule has 0 radical (unpaired) electrons. The third-order valence-corrected chi connectivity index (χ3v) is 5.53. The molecular weight excluding hydrogens is 498 g/mol. The minimum atomic E-state index is 0. The molecule has 164 valence electrons. The first-order valence-electron chi connectivity index (χ1n) is 10.3. The zero-order valence-electron chi connectivity index (χ0n) is 20.1. The van der Waals surface area contributed by atoms with Crippen LogP contribution in [0.2, 0.25) is 0 Å². The molecule has 3 heteroatoms. The fourth-order valence-corrected chi connectivity index (χ4v) is 3.75. The molecule has 0 nitrogen and oxygen atoms in total. The molecule has 0 spiro atoms. The summed E-state index contributed by atoms with van der Waals surface area (Å²) in [6.45, 7) is 17.8. The van der Waals surface area contributed by atoms with E-state index in [0.717, 1.165) is 6.42 Å². The fourth-order valence-electron chi connectivity index (χ4n) is 3.75. The van der Waals surface area contributed by atoms with Crippen molar-refractivity contribution < 1.29 is 51.0 Å². The minimum Gasteiger partial charge on any atom is -1.00 e. The summed E-state index contributed by atoms with van der Waals surface area (Å²) in [5.41, 5.74) is 11.4. The van der Waals surface area contributed by atoms with Gasteiger partial charge in [-0.2, -0.15) is 41.5 Å². The summed E-state index contributed by atoms with van der Waals surface area (Å²) in [4.78, 5) is 0. The van der Waals surface area contributed by atoms with Gasteiger partial charge in [0, 0.05) is 0 Å². The molecule has 31 heavy (non-hydrogen) atoms. The molecular formula is C28H34Cl2Zr. The van der Waals surface area contributed by atoms with Crippen LogP contribution in [0.5, 0.6) is 0 Å². The van der Waals surface area contributed by atoms with E-state index in [1.807, 2.05) is 0 Å². The van der Waals surface area contributed by atoms with Crippen LogP contribution < -0.4 is 24.8 Å². The van der Waals surface area contributed by atoms with Gasteiger partial charge in [0.15, 0.2) is 0 Å². The Labute approximate surface area is 221 Å². The van der Waals surface area contributed by atoms with E-state index >= 15 is 0 Å². The van der Waals surface area contributed by atoms with Gasteiger partial charge < -0.3 is 24.8 Å². The van der Waals surface area contributed by atoms with E-state index in [9.17, 15) is 0 Å². The van der Waals surface area contributed by atoms with Crippen LogP contribution in [-0.2, 0) is 43.5 Å². The zero-order valence-corrected chi connectivity index (χ0v) is 24.1. The van der Waals surface area contributed by atoms with Crippen LogP contribution in [0.25, 0.3) is 11.1 Å². The molecule has 0 saturated heterocycles. The Morgan fingerprint density at radius 3 is 1.87 bits per heavy atom. The van der Waals surface area contributed by atoms with Gasteiger partial charge in [-0.25, -0.2) is 11.6 Å². The number of halogens is 2. The summed E-state index contributed by atoms with van der Waals surface area (Å²) >= 11 is 0. The second-order valence-corrected chi connectivity index (χ2v) is 10.3. The van der Waals surface area contributed by atoms with E-state index in [2.05, 4.69) is 110 Å². The van der Waals surface area contributed by atoms with Crippen molar-refractivity contribution in [3.8, 4) is 11.1 Å². The molecule has 0 unspecified atom stereocenters. The number of benzene rings is 2. The first-order chi connectivity index (χ1) is 12.9. The molecule has 1 aliphatic rings. The summed E-state index contributed by atoms with van der Waals surface area (Å²) in [5, 5.41) is 0. The minimum absolute atomic E-state index is 0. The Balaban J connectivity index is 0.000000777. The Kier molecular flexibility index (Phi) is 11.1. The Morgan fingerprint density at radius 2 is 1.42 bits per heavy atom. The molecule has 3 aromatic carbocycles. The quantitative estimate of drug-likeness (QED) is 0.303. The number of fused-ring (bicyclic) bond motifs is 3. The summed E-state index contributed by atoms with van der Waals surface area (Å²) in [5.74, 6) is 0. The molecule has 4 rings (SSSR count). The van der Waals surface area contributed by atoms with Crippen LogP contribution >= 0.6 is 0 Å². The second-order valence-electron chi connectivity index (χ2n) is 10.3. The average Bonchev–Trinajstić information content (AvgIpc) is 3.14. The monoisotopic (exact) mass is 530 g/mol. The van der Waals surface area contributed by atoms with Crippen molar-refractivity contribution in [2.24, 2.45) is 0 Å². The van der Waals surface area contributed by atoms with Crippen molar-refractivity contribution in [3.05, 3.63) is 88.0 Å². The van der Waals surface area contributed by atoms with Gasteiger partial charge in [-0.05, 0) is 28.4 Å². The van der Waals surface area contributed by atoms with Crippen molar-refractivity contribution >= 4 is 0 Å². The molecule has 0 aromatic heterocycles. The molecule has 3 aromatic rings. The van der Waals surface area contributed by atoms with Crippen LogP contribution in [0.3, 0.4) is 0 Å². The summed E-state index contributed by atoms with van der Waals surface area (Å²) in [6, 6.07) is 21.6. The van der Waals surface area contributed by atoms with E-state index in [-0.39, 0.29) is 61.8 Å². The number of hydrogen-bond acceptors (Lipinski definition) is 0. The Bertz CT molecular complexity index is 907. The van der Waals surface area contributed by atoms with Crippen molar-refractivity contribution in [2.45, 2.75) is 72.6 Å². The van der Waals surface area contributed by atoms with Crippen LogP contribution in [0.4, 0.5) is 0 Å². The van der Waals surface area contributed by atoms with Crippen molar-refractivity contribution in [3.63, 3.8) is 0 Å². The number of rotatable bonds is 0. The van der Waals surface area contributed by atoms with Crippen LogP contribution in [0, 0.1) is 19.9 Å². The zero-order chi connectivity index (χ0) is 20.7. The van der Waals surface area contributed by atoms with Gasteiger partial charge in [-0.1, -0.05) is 79.2 Å². The van der Waals surface area contributed by atoms with Gasteiger partial charge in [0.1, 0.15) is 0 Å². The largest absolute Gasteiger partial charge is 4.00 e. The first kappa shape index (κ1) is 30.3. The average molecular weight is 533 g/mol. The maximum absolute atomic E-state index is 3.67. The summed E-state index contributed by atoms with van der Waals surface area (Å²) < 4.78 is 0. The second kappa shape index (κ2) is 11.4. The molecule has 0 N–H and O–H groups in total. The molecule has 0 saturated carbocycles. The normalized spacial score (nSPS) is 11.6.